The van der Waals surface area contributed by atoms with Crippen molar-refractivity contribution in [2.24, 2.45) is 0 Å². The van der Waals surface area contributed by atoms with Gasteiger partial charge in [-0.2, -0.15) is 0 Å². The van der Waals surface area contributed by atoms with Gasteiger partial charge in [0.1, 0.15) is 5.58 Å². The van der Waals surface area contributed by atoms with Crippen molar-refractivity contribution in [3.05, 3.63) is 149 Å². The van der Waals surface area contributed by atoms with Crippen LogP contribution in [0, 0.1) is 6.92 Å². The molecule has 3 aliphatic rings. The van der Waals surface area contributed by atoms with Crippen LogP contribution in [-0.4, -0.2) is 6.71 Å². The molecule has 0 atom stereocenters. The van der Waals surface area contributed by atoms with Gasteiger partial charge in [-0.05, 0) is 157 Å². The summed E-state index contributed by atoms with van der Waals surface area (Å²) in [5.74, 6) is 0. The second kappa shape index (κ2) is 13.8. The highest BCUT2D eigenvalue weighted by Gasteiger charge is 2.48. The van der Waals surface area contributed by atoms with E-state index in [4.69, 9.17) is 11.3 Å². The quantitative estimate of drug-likeness (QED) is 0.165. The maximum atomic E-state index is 9.11. The number of aryl methyl sites for hydroxylation is 1. The molecular weight excluding hydrogens is 763 g/mol. The van der Waals surface area contributed by atoms with Crippen LogP contribution in [0.3, 0.4) is 0 Å². The lowest BCUT2D eigenvalue weighted by atomic mass is 9.35. The Hall–Kier alpha value is -5.48. The van der Waals surface area contributed by atoms with Crippen molar-refractivity contribution in [2.45, 2.75) is 137 Å². The minimum atomic E-state index is -0.403. The van der Waals surface area contributed by atoms with Gasteiger partial charge < -0.3 is 14.2 Å². The molecule has 7 aromatic rings. The standard InChI is InChI=1S/C59H65BN2O/c1-36-28-49-52-50(29-36)62(42-23-21-39(22-24-42)55(2,3)4)53-44-34-45-46(59(13,14)27-26-58(45,11)12)35-51(44)63-54(53)60(52)47-25-20-38(37-18-16-15-17-19-37)30-48(47)61(49)43-32-40(56(5,6)7)31-41(33-43)57(8,9)10/h15-25,28-35H,26-27H2,1-14H3/i15D,16D,17D,18D,19D. The van der Waals surface area contributed by atoms with Gasteiger partial charge in [-0.25, -0.2) is 0 Å². The lowest BCUT2D eigenvalue weighted by molar-refractivity contribution is 0.332. The molecule has 0 spiro atoms. The third-order valence-electron chi connectivity index (χ3n) is 14.5. The Morgan fingerprint density at radius 1 is 0.571 bits per heavy atom. The topological polar surface area (TPSA) is 19.6 Å². The van der Waals surface area contributed by atoms with Crippen LogP contribution in [0.15, 0.2) is 120 Å². The molecule has 0 radical (unpaired) electrons. The van der Waals surface area contributed by atoms with E-state index in [0.29, 0.717) is 5.56 Å². The van der Waals surface area contributed by atoms with Crippen LogP contribution in [0.2, 0.25) is 0 Å². The van der Waals surface area contributed by atoms with E-state index in [1.165, 1.54) is 27.8 Å². The van der Waals surface area contributed by atoms with Gasteiger partial charge in [0.15, 0.2) is 0 Å². The van der Waals surface area contributed by atoms with Gasteiger partial charge in [-0.1, -0.05) is 151 Å². The molecule has 0 amide bonds. The highest BCUT2D eigenvalue weighted by Crippen LogP contribution is 2.52. The van der Waals surface area contributed by atoms with Crippen LogP contribution < -0.4 is 26.4 Å². The third kappa shape index (κ3) is 6.69. The number of fused-ring (bicyclic) bond motifs is 7. The summed E-state index contributed by atoms with van der Waals surface area (Å²) >= 11 is 0. The van der Waals surface area contributed by atoms with E-state index < -0.39 is 6.04 Å². The molecule has 3 heterocycles. The van der Waals surface area contributed by atoms with E-state index in [1.54, 1.807) is 0 Å². The number of rotatable bonds is 3. The van der Waals surface area contributed by atoms with Crippen LogP contribution >= 0.6 is 0 Å². The molecule has 63 heavy (non-hydrogen) atoms. The predicted octanol–water partition coefficient (Wildman–Crippen LogP) is 14.7. The molecule has 3 nitrogen and oxygen atoms in total. The molecule has 0 bridgehead atoms. The minimum Gasteiger partial charge on any atom is -0.468 e. The van der Waals surface area contributed by atoms with Gasteiger partial charge in [0.25, 0.3) is 6.71 Å². The van der Waals surface area contributed by atoms with Crippen LogP contribution in [-0.2, 0) is 27.1 Å². The Kier molecular flexibility index (Phi) is 7.85. The second-order valence-electron chi connectivity index (χ2n) is 23.1. The van der Waals surface area contributed by atoms with Crippen molar-refractivity contribution >= 4 is 68.4 Å². The van der Waals surface area contributed by atoms with Crippen molar-refractivity contribution in [1.29, 1.82) is 0 Å². The first kappa shape index (κ1) is 35.9. The summed E-state index contributed by atoms with van der Waals surface area (Å²) < 4.78 is 51.4. The number of benzene rings is 6. The average Bonchev–Trinajstić information content (AvgIpc) is 3.63. The van der Waals surface area contributed by atoms with E-state index >= 15 is 0 Å². The summed E-state index contributed by atoms with van der Waals surface area (Å²) in [6, 6.07) is 30.1. The van der Waals surface area contributed by atoms with Crippen LogP contribution in [0.25, 0.3) is 22.1 Å². The Morgan fingerprint density at radius 3 is 1.73 bits per heavy atom. The molecule has 1 aliphatic carbocycles. The number of hydrogen-bond donors (Lipinski definition) is 0. The van der Waals surface area contributed by atoms with Crippen LogP contribution in [0.1, 0.15) is 143 Å². The first-order valence-electron chi connectivity index (χ1n) is 25.4. The van der Waals surface area contributed by atoms with Crippen LogP contribution in [0.5, 0.6) is 0 Å². The first-order valence-corrected chi connectivity index (χ1v) is 22.9. The Labute approximate surface area is 384 Å². The van der Waals surface area contributed by atoms with Crippen molar-refractivity contribution in [3.63, 3.8) is 0 Å². The molecule has 0 saturated heterocycles. The molecule has 0 fully saturated rings. The van der Waals surface area contributed by atoms with Crippen molar-refractivity contribution in [1.82, 2.24) is 0 Å². The summed E-state index contributed by atoms with van der Waals surface area (Å²) in [7, 11) is 0. The Balaban J connectivity index is 1.35. The van der Waals surface area contributed by atoms with E-state index in [9.17, 15) is 0 Å². The lowest BCUT2D eigenvalue weighted by Gasteiger charge is -2.43. The molecule has 1 aromatic heterocycles. The largest absolute Gasteiger partial charge is 0.468 e. The minimum absolute atomic E-state index is 0.0205. The van der Waals surface area contributed by atoms with E-state index in [-0.39, 0.29) is 63.5 Å². The number of hydrogen-bond acceptors (Lipinski definition) is 3. The maximum Gasteiger partial charge on any atom is 0.297 e. The fourth-order valence-corrected chi connectivity index (χ4v) is 10.5. The van der Waals surface area contributed by atoms with Crippen molar-refractivity contribution in [3.8, 4) is 11.1 Å². The third-order valence-corrected chi connectivity index (χ3v) is 14.5. The SMILES string of the molecule is [2H]c1c([2H])c([2H])c(-c2ccc3c(c2)N(c2cc(C(C)(C)C)cc(C(C)(C)C)c2)c2cc(C)cc4c2B3c2oc3cc5c(cc3c2N4c2ccc(C(C)(C)C)cc2)C(C)(C)CCC5(C)C)c([2H])c1[2H]. The van der Waals surface area contributed by atoms with Gasteiger partial charge in [0, 0.05) is 33.8 Å². The first-order chi connectivity index (χ1) is 31.6. The fourth-order valence-electron chi connectivity index (χ4n) is 10.5. The number of furan rings is 1. The molecule has 0 N–H and O–H groups in total. The molecular formula is C59H65BN2O. The summed E-state index contributed by atoms with van der Waals surface area (Å²) in [5, 5.41) is 1.09. The Bertz CT molecular complexity index is 3210. The maximum absolute atomic E-state index is 9.11. The second-order valence-corrected chi connectivity index (χ2v) is 23.1. The van der Waals surface area contributed by atoms with Gasteiger partial charge in [0.05, 0.1) is 18.2 Å². The number of anilines is 6. The highest BCUT2D eigenvalue weighted by molar-refractivity contribution is 7.00. The zero-order valence-electron chi connectivity index (χ0n) is 44.9. The van der Waals surface area contributed by atoms with Gasteiger partial charge in [0.2, 0.25) is 0 Å². The Morgan fingerprint density at radius 2 is 1.14 bits per heavy atom. The van der Waals surface area contributed by atoms with Crippen LogP contribution in [0.4, 0.5) is 34.1 Å². The molecule has 0 saturated carbocycles. The molecule has 10 rings (SSSR count). The monoisotopic (exact) mass is 834 g/mol. The molecule has 320 valence electrons. The molecule has 0 unspecified atom stereocenters. The van der Waals surface area contributed by atoms with Gasteiger partial charge >= 0.3 is 0 Å². The van der Waals surface area contributed by atoms with E-state index in [1.807, 2.05) is 6.07 Å². The fraction of sp³-hybridized carbons (Fsp3) is 0.356. The van der Waals surface area contributed by atoms with E-state index in [2.05, 4.69) is 186 Å². The van der Waals surface area contributed by atoms with Gasteiger partial charge in [-0.3, -0.25) is 0 Å². The smallest absolute Gasteiger partial charge is 0.297 e. The molecule has 2 aliphatic heterocycles. The summed E-state index contributed by atoms with van der Waals surface area (Å²) in [6.45, 7) is 31.7. The van der Waals surface area contributed by atoms with Gasteiger partial charge in [-0.15, -0.1) is 0 Å². The summed E-state index contributed by atoms with van der Waals surface area (Å²) in [6.07, 6.45) is 2.19. The predicted molar refractivity (Wildman–Crippen MR) is 272 cm³/mol. The average molecular weight is 834 g/mol. The zero-order chi connectivity index (χ0) is 49.1. The van der Waals surface area contributed by atoms with Crippen molar-refractivity contribution in [2.75, 3.05) is 9.80 Å². The zero-order valence-corrected chi connectivity index (χ0v) is 39.9. The van der Waals surface area contributed by atoms with Crippen molar-refractivity contribution < 1.29 is 11.3 Å². The lowest BCUT2D eigenvalue weighted by Crippen LogP contribution is -2.61. The summed E-state index contributed by atoms with van der Waals surface area (Å²) in [5.41, 5.74) is 17.8. The summed E-state index contributed by atoms with van der Waals surface area (Å²) in [4.78, 5) is 4.83. The normalized spacial score (nSPS) is 17.6. The molecule has 6 aromatic carbocycles. The molecule has 4 heteroatoms. The number of nitrogens with zero attached hydrogens (tertiary/aromatic N) is 2. The van der Waals surface area contributed by atoms with E-state index in [0.717, 1.165) is 80.1 Å². The highest BCUT2D eigenvalue weighted by atomic mass is 16.3.